The lowest BCUT2D eigenvalue weighted by Crippen LogP contribution is -2.30. The summed E-state index contributed by atoms with van der Waals surface area (Å²) < 4.78 is 0. The quantitative estimate of drug-likeness (QED) is 0.575. The number of fused-ring (bicyclic) bond motifs is 1. The summed E-state index contributed by atoms with van der Waals surface area (Å²) >= 11 is 1.32. The first kappa shape index (κ1) is 19.9. The molecule has 3 rings (SSSR count). The summed E-state index contributed by atoms with van der Waals surface area (Å²) in [5, 5.41) is 5.33. The van der Waals surface area contributed by atoms with Gasteiger partial charge < -0.3 is 11.1 Å². The molecule has 3 aromatic rings. The Kier molecular flexibility index (Phi) is 6.68. The monoisotopic (exact) mass is 393 g/mol. The van der Waals surface area contributed by atoms with Crippen molar-refractivity contribution < 1.29 is 9.59 Å². The number of thioether (sulfide) groups is 1. The van der Waals surface area contributed by atoms with Crippen LogP contribution in [0.15, 0.2) is 71.6 Å². The minimum atomic E-state index is -0.388. The van der Waals surface area contributed by atoms with Crippen LogP contribution in [-0.2, 0) is 16.1 Å². The molecule has 0 radical (unpaired) electrons. The lowest BCUT2D eigenvalue weighted by Gasteiger charge is -2.17. The normalized spacial score (nSPS) is 10.9. The Bertz CT molecular complexity index is 990. The van der Waals surface area contributed by atoms with Crippen LogP contribution in [0.1, 0.15) is 5.56 Å². The van der Waals surface area contributed by atoms with Gasteiger partial charge in [0.05, 0.1) is 18.0 Å². The van der Waals surface area contributed by atoms with E-state index < -0.39 is 0 Å². The van der Waals surface area contributed by atoms with Crippen molar-refractivity contribution in [2.45, 2.75) is 11.4 Å². The van der Waals surface area contributed by atoms with Crippen molar-refractivity contribution >= 4 is 40.0 Å². The molecule has 0 atom stereocenters. The fraction of sp³-hybridized carbons (Fsp3) is 0.182. The van der Waals surface area contributed by atoms with E-state index in [4.69, 9.17) is 5.73 Å². The first-order valence-corrected chi connectivity index (χ1v) is 9.96. The van der Waals surface area contributed by atoms with Crippen molar-refractivity contribution in [3.05, 3.63) is 72.3 Å². The lowest BCUT2D eigenvalue weighted by molar-refractivity contribution is -0.117. The van der Waals surface area contributed by atoms with Gasteiger partial charge in [-0.3, -0.25) is 14.5 Å². The van der Waals surface area contributed by atoms with Gasteiger partial charge >= 0.3 is 0 Å². The van der Waals surface area contributed by atoms with E-state index in [-0.39, 0.29) is 24.1 Å². The number of rotatable bonds is 8. The number of para-hydroxylation sites is 1. The molecule has 2 amide bonds. The molecule has 0 aliphatic carbocycles. The Morgan fingerprint density at radius 1 is 1.00 bits per heavy atom. The second-order valence-corrected chi connectivity index (χ2v) is 7.67. The third-order valence-corrected chi connectivity index (χ3v) is 5.31. The highest BCUT2D eigenvalue weighted by Gasteiger charge is 2.11. The first-order valence-electron chi connectivity index (χ1n) is 8.97. The number of hydrogen-bond acceptors (Lipinski definition) is 4. The molecule has 0 saturated heterocycles. The molecule has 0 saturated carbocycles. The minimum Gasteiger partial charge on any atom is -0.369 e. The van der Waals surface area contributed by atoms with Gasteiger partial charge in [-0.2, -0.15) is 0 Å². The van der Waals surface area contributed by atoms with Crippen LogP contribution in [0.5, 0.6) is 0 Å². The molecular formula is C22H23N3O2S. The summed E-state index contributed by atoms with van der Waals surface area (Å²) in [5.74, 6) is -0.314. The first-order chi connectivity index (χ1) is 13.5. The number of carbonyl (C=O) groups is 2. The minimum absolute atomic E-state index is 0.101. The number of nitrogens with one attached hydrogen (secondary N) is 1. The molecule has 0 heterocycles. The van der Waals surface area contributed by atoms with Crippen LogP contribution in [0.3, 0.4) is 0 Å². The average Bonchev–Trinajstić information content (AvgIpc) is 2.67. The van der Waals surface area contributed by atoms with Crippen LogP contribution >= 0.6 is 11.8 Å². The van der Waals surface area contributed by atoms with Gasteiger partial charge in [-0.1, -0.05) is 48.5 Å². The van der Waals surface area contributed by atoms with Crippen LogP contribution in [-0.4, -0.2) is 36.1 Å². The van der Waals surface area contributed by atoms with E-state index in [9.17, 15) is 9.59 Å². The van der Waals surface area contributed by atoms with Gasteiger partial charge in [-0.15, -0.1) is 11.8 Å². The van der Waals surface area contributed by atoms with E-state index in [1.54, 1.807) is 0 Å². The maximum Gasteiger partial charge on any atom is 0.238 e. The summed E-state index contributed by atoms with van der Waals surface area (Å²) in [6.45, 7) is 0.942. The second kappa shape index (κ2) is 9.39. The molecule has 0 unspecified atom stereocenters. The second-order valence-electron chi connectivity index (χ2n) is 6.65. The van der Waals surface area contributed by atoms with Crippen molar-refractivity contribution in [1.29, 1.82) is 0 Å². The highest BCUT2D eigenvalue weighted by atomic mass is 32.2. The standard InChI is InChI=1S/C22H23N3O2S/c1-25(13-16-10-11-17-6-2-3-7-18(17)12-16)14-22(27)24-19-8-4-5-9-20(19)28-15-21(23)26/h2-12H,13-15H2,1H3,(H2,23,26)(H,24,27). The van der Waals surface area contributed by atoms with E-state index in [0.717, 1.165) is 10.5 Å². The predicted octanol–water partition coefficient (Wildman–Crippen LogP) is 3.49. The third kappa shape index (κ3) is 5.58. The van der Waals surface area contributed by atoms with Crippen LogP contribution in [0.4, 0.5) is 5.69 Å². The van der Waals surface area contributed by atoms with Crippen LogP contribution in [0, 0.1) is 0 Å². The van der Waals surface area contributed by atoms with Gasteiger partial charge in [-0.05, 0) is 41.6 Å². The SMILES string of the molecule is CN(CC(=O)Nc1ccccc1SCC(N)=O)Cc1ccc2ccccc2c1. The number of amides is 2. The maximum atomic E-state index is 12.5. The number of nitrogens with zero attached hydrogens (tertiary/aromatic N) is 1. The van der Waals surface area contributed by atoms with Crippen molar-refractivity contribution in [3.63, 3.8) is 0 Å². The number of anilines is 1. The number of primary amides is 1. The highest BCUT2D eigenvalue weighted by Crippen LogP contribution is 2.26. The number of benzene rings is 3. The molecule has 5 nitrogen and oxygen atoms in total. The summed E-state index contributed by atoms with van der Waals surface area (Å²) in [7, 11) is 1.92. The van der Waals surface area contributed by atoms with Crippen LogP contribution in [0.2, 0.25) is 0 Å². The number of nitrogens with two attached hydrogens (primary N) is 1. The zero-order chi connectivity index (χ0) is 19.9. The molecule has 3 aromatic carbocycles. The van der Waals surface area contributed by atoms with Gasteiger partial charge in [-0.25, -0.2) is 0 Å². The smallest absolute Gasteiger partial charge is 0.238 e. The molecule has 0 spiro atoms. The highest BCUT2D eigenvalue weighted by molar-refractivity contribution is 8.00. The van der Waals surface area contributed by atoms with Crippen LogP contribution in [0.25, 0.3) is 10.8 Å². The topological polar surface area (TPSA) is 75.4 Å². The zero-order valence-electron chi connectivity index (χ0n) is 15.7. The van der Waals surface area contributed by atoms with Crippen molar-refractivity contribution in [2.75, 3.05) is 24.7 Å². The van der Waals surface area contributed by atoms with E-state index in [0.29, 0.717) is 12.2 Å². The van der Waals surface area contributed by atoms with E-state index >= 15 is 0 Å². The number of carbonyl (C=O) groups excluding carboxylic acids is 2. The molecule has 0 aliphatic heterocycles. The van der Waals surface area contributed by atoms with E-state index in [1.807, 2.05) is 48.3 Å². The molecule has 0 aliphatic rings. The predicted molar refractivity (Wildman–Crippen MR) is 115 cm³/mol. The van der Waals surface area contributed by atoms with Gasteiger partial charge in [0, 0.05) is 11.4 Å². The molecule has 0 fully saturated rings. The maximum absolute atomic E-state index is 12.5. The fourth-order valence-electron chi connectivity index (χ4n) is 2.98. The third-order valence-electron chi connectivity index (χ3n) is 4.21. The van der Waals surface area contributed by atoms with Crippen molar-refractivity contribution in [2.24, 2.45) is 5.73 Å². The van der Waals surface area contributed by atoms with Gasteiger partial charge in [0.1, 0.15) is 0 Å². The molecule has 3 N–H and O–H groups in total. The fourth-order valence-corrected chi connectivity index (χ4v) is 3.73. The van der Waals surface area contributed by atoms with Gasteiger partial charge in [0.15, 0.2) is 0 Å². The van der Waals surface area contributed by atoms with E-state index in [2.05, 4.69) is 35.6 Å². The van der Waals surface area contributed by atoms with Gasteiger partial charge in [0.25, 0.3) is 0 Å². The Hall–Kier alpha value is -2.83. The molecule has 6 heteroatoms. The molecule has 144 valence electrons. The zero-order valence-corrected chi connectivity index (χ0v) is 16.5. The Labute approximate surface area is 168 Å². The van der Waals surface area contributed by atoms with Gasteiger partial charge in [0.2, 0.25) is 11.8 Å². The molecule has 0 bridgehead atoms. The van der Waals surface area contributed by atoms with Crippen molar-refractivity contribution in [3.8, 4) is 0 Å². The largest absolute Gasteiger partial charge is 0.369 e. The number of likely N-dealkylation sites (N-methyl/N-ethyl adjacent to an activating group) is 1. The average molecular weight is 394 g/mol. The number of hydrogen-bond donors (Lipinski definition) is 2. The van der Waals surface area contributed by atoms with Crippen LogP contribution < -0.4 is 11.1 Å². The van der Waals surface area contributed by atoms with E-state index in [1.165, 1.54) is 22.5 Å². The summed E-state index contributed by atoms with van der Waals surface area (Å²) in [4.78, 5) is 26.3. The Morgan fingerprint density at radius 3 is 2.50 bits per heavy atom. The summed E-state index contributed by atoms with van der Waals surface area (Å²) in [6, 6.07) is 22.0. The lowest BCUT2D eigenvalue weighted by atomic mass is 10.1. The summed E-state index contributed by atoms with van der Waals surface area (Å²) in [6.07, 6.45) is 0. The summed E-state index contributed by atoms with van der Waals surface area (Å²) in [5.41, 5.74) is 7.06. The molecule has 0 aromatic heterocycles. The van der Waals surface area contributed by atoms with Crippen molar-refractivity contribution in [1.82, 2.24) is 4.90 Å². The Morgan fingerprint density at radius 2 is 1.71 bits per heavy atom. The molecule has 28 heavy (non-hydrogen) atoms. The Balaban J connectivity index is 1.59. The molecular weight excluding hydrogens is 370 g/mol.